The first-order chi connectivity index (χ1) is 10.5. The number of H-pyrrole nitrogens is 1. The third kappa shape index (κ3) is 2.96. The summed E-state index contributed by atoms with van der Waals surface area (Å²) in [5, 5.41) is 12.1. The number of carbonyl (C=O) groups is 1. The number of rotatable bonds is 4. The number of fused-ring (bicyclic) bond motifs is 1. The molecule has 0 unspecified atom stereocenters. The van der Waals surface area contributed by atoms with Crippen LogP contribution in [-0.2, 0) is 12.8 Å². The van der Waals surface area contributed by atoms with Crippen LogP contribution < -0.4 is 16.6 Å². The molecule has 1 aliphatic rings. The average Bonchev–Trinajstić information content (AvgIpc) is 2.94. The molecule has 5 N–H and O–H groups in total. The van der Waals surface area contributed by atoms with Gasteiger partial charge < -0.3 is 16.2 Å². The number of nitrogens with zero attached hydrogens (tertiary/aromatic N) is 1. The predicted molar refractivity (Wildman–Crippen MR) is 84.6 cm³/mol. The molecule has 0 spiro atoms. The third-order valence-corrected chi connectivity index (χ3v) is 4.89. The van der Waals surface area contributed by atoms with Crippen molar-refractivity contribution in [2.45, 2.75) is 19.3 Å². The van der Waals surface area contributed by atoms with Gasteiger partial charge >= 0.3 is 5.97 Å². The van der Waals surface area contributed by atoms with Crippen LogP contribution in [0.5, 0.6) is 0 Å². The Labute approximate surface area is 130 Å². The molecular formula is C14H16N4O3S. The van der Waals surface area contributed by atoms with Gasteiger partial charge in [-0.2, -0.15) is 4.98 Å². The van der Waals surface area contributed by atoms with Crippen molar-refractivity contribution in [1.82, 2.24) is 9.97 Å². The van der Waals surface area contributed by atoms with Crippen LogP contribution >= 0.6 is 11.3 Å². The van der Waals surface area contributed by atoms with Crippen molar-refractivity contribution in [3.63, 3.8) is 0 Å². The minimum absolute atomic E-state index is 0.120. The van der Waals surface area contributed by atoms with Crippen LogP contribution in [0.15, 0.2) is 16.9 Å². The average molecular weight is 320 g/mol. The van der Waals surface area contributed by atoms with Crippen LogP contribution in [0.2, 0.25) is 0 Å². The Kier molecular flexibility index (Phi) is 3.84. The summed E-state index contributed by atoms with van der Waals surface area (Å²) in [5.41, 5.74) is 5.98. The van der Waals surface area contributed by atoms with Crippen LogP contribution in [-0.4, -0.2) is 27.6 Å². The Morgan fingerprint density at radius 2 is 2.32 bits per heavy atom. The summed E-state index contributed by atoms with van der Waals surface area (Å²) in [6, 6.07) is 3.49. The molecular weight excluding hydrogens is 304 g/mol. The maximum absolute atomic E-state index is 11.9. The number of aromatic amines is 1. The molecule has 0 fully saturated rings. The van der Waals surface area contributed by atoms with E-state index >= 15 is 0 Å². The summed E-state index contributed by atoms with van der Waals surface area (Å²) in [6.07, 6.45) is 2.35. The number of aryl methyl sites for hydroxylation is 1. The van der Waals surface area contributed by atoms with Gasteiger partial charge in [-0.1, -0.05) is 0 Å². The number of hydrogen-bond acceptors (Lipinski definition) is 6. The number of carboxylic acids is 1. The summed E-state index contributed by atoms with van der Waals surface area (Å²) in [5.74, 6) is 0.116. The molecule has 1 aliphatic heterocycles. The summed E-state index contributed by atoms with van der Waals surface area (Å²) in [6.45, 7) is 0.736. The lowest BCUT2D eigenvalue weighted by Crippen LogP contribution is -2.30. The minimum atomic E-state index is -0.889. The summed E-state index contributed by atoms with van der Waals surface area (Å²) < 4.78 is 0. The van der Waals surface area contributed by atoms with Gasteiger partial charge in [0.25, 0.3) is 5.56 Å². The molecule has 0 saturated carbocycles. The Morgan fingerprint density at radius 3 is 3.05 bits per heavy atom. The van der Waals surface area contributed by atoms with E-state index in [2.05, 4.69) is 15.3 Å². The molecule has 8 heteroatoms. The third-order valence-electron chi connectivity index (χ3n) is 3.76. The van der Waals surface area contributed by atoms with Crippen molar-refractivity contribution in [3.05, 3.63) is 37.8 Å². The Hall–Kier alpha value is -2.35. The highest BCUT2D eigenvalue weighted by molar-refractivity contribution is 7.13. The van der Waals surface area contributed by atoms with Crippen LogP contribution in [0.1, 0.15) is 26.5 Å². The quantitative estimate of drug-likeness (QED) is 0.674. The first-order valence-electron chi connectivity index (χ1n) is 6.97. The number of nitrogens with one attached hydrogen (secondary N) is 2. The van der Waals surface area contributed by atoms with Crippen LogP contribution in [0.4, 0.5) is 11.8 Å². The van der Waals surface area contributed by atoms with Crippen molar-refractivity contribution in [3.8, 4) is 0 Å². The maximum atomic E-state index is 11.9. The number of hydrogen-bond donors (Lipinski definition) is 4. The van der Waals surface area contributed by atoms with Crippen LogP contribution in [0.3, 0.4) is 0 Å². The number of aromatic nitrogens is 2. The highest BCUT2D eigenvalue weighted by Gasteiger charge is 2.22. The molecule has 0 radical (unpaired) electrons. The van der Waals surface area contributed by atoms with Crippen molar-refractivity contribution >= 4 is 29.1 Å². The monoisotopic (exact) mass is 320 g/mol. The summed E-state index contributed by atoms with van der Waals surface area (Å²) in [4.78, 5) is 30.8. The molecule has 2 aromatic rings. The number of thiophene rings is 1. The zero-order valence-corrected chi connectivity index (χ0v) is 12.6. The number of aromatic carboxylic acids is 1. The van der Waals surface area contributed by atoms with Crippen LogP contribution in [0, 0.1) is 5.92 Å². The highest BCUT2D eigenvalue weighted by Crippen LogP contribution is 2.25. The predicted octanol–water partition coefficient (Wildman–Crippen LogP) is 1.33. The van der Waals surface area contributed by atoms with E-state index in [0.717, 1.165) is 24.3 Å². The van der Waals surface area contributed by atoms with Gasteiger partial charge in [-0.05, 0) is 37.3 Å². The molecule has 22 heavy (non-hydrogen) atoms. The topological polar surface area (TPSA) is 121 Å². The smallest absolute Gasteiger partial charge is 0.345 e. The Balaban J connectivity index is 1.65. The van der Waals surface area contributed by atoms with E-state index in [1.807, 2.05) is 6.07 Å². The molecule has 0 saturated heterocycles. The van der Waals surface area contributed by atoms with E-state index in [9.17, 15) is 9.59 Å². The zero-order valence-electron chi connectivity index (χ0n) is 11.8. The summed E-state index contributed by atoms with van der Waals surface area (Å²) in [7, 11) is 0. The van der Waals surface area contributed by atoms with Crippen molar-refractivity contribution < 1.29 is 9.90 Å². The number of nitrogen functional groups attached to an aromatic ring is 1. The van der Waals surface area contributed by atoms with E-state index in [4.69, 9.17) is 10.8 Å². The molecule has 0 aromatic carbocycles. The van der Waals surface area contributed by atoms with E-state index < -0.39 is 5.97 Å². The van der Waals surface area contributed by atoms with Crippen molar-refractivity contribution in [1.29, 1.82) is 0 Å². The van der Waals surface area contributed by atoms with E-state index in [0.29, 0.717) is 28.6 Å². The van der Waals surface area contributed by atoms with E-state index in [-0.39, 0.29) is 11.5 Å². The van der Waals surface area contributed by atoms with Gasteiger partial charge in [0.05, 0.1) is 5.56 Å². The standard InChI is InChI=1S/C14H16N4O3S/c15-14-17-11-9(12(19)18-14)5-7(6-16-11)1-2-8-3-4-10(22-8)13(20)21/h3-4,7H,1-2,5-6H2,(H,20,21)(H4,15,16,17,18,19)/t7-/m1/s1. The normalized spacial score (nSPS) is 16.8. The Morgan fingerprint density at radius 1 is 1.50 bits per heavy atom. The molecule has 7 nitrogen and oxygen atoms in total. The van der Waals surface area contributed by atoms with E-state index in [1.165, 1.54) is 11.3 Å². The molecule has 0 amide bonds. The Bertz CT molecular complexity index is 768. The molecule has 2 aromatic heterocycles. The first-order valence-corrected chi connectivity index (χ1v) is 7.79. The number of carboxylic acid groups (broad SMARTS) is 1. The fraction of sp³-hybridized carbons (Fsp3) is 0.357. The molecule has 0 aliphatic carbocycles. The van der Waals surface area contributed by atoms with Crippen molar-refractivity contribution in [2.75, 3.05) is 17.6 Å². The maximum Gasteiger partial charge on any atom is 0.345 e. The summed E-state index contributed by atoms with van der Waals surface area (Å²) >= 11 is 1.30. The van der Waals surface area contributed by atoms with Crippen molar-refractivity contribution in [2.24, 2.45) is 5.92 Å². The number of anilines is 2. The largest absolute Gasteiger partial charge is 0.477 e. The molecule has 116 valence electrons. The molecule has 0 bridgehead atoms. The zero-order chi connectivity index (χ0) is 15.7. The second kappa shape index (κ2) is 5.80. The van der Waals surface area contributed by atoms with Crippen LogP contribution in [0.25, 0.3) is 0 Å². The van der Waals surface area contributed by atoms with Gasteiger partial charge in [0.1, 0.15) is 10.7 Å². The minimum Gasteiger partial charge on any atom is -0.477 e. The number of nitrogens with two attached hydrogens (primary N) is 1. The lowest BCUT2D eigenvalue weighted by Gasteiger charge is -2.24. The SMILES string of the molecule is Nc1nc2c(c(=O)[nH]1)C[C@@H](CCc1ccc(C(=O)O)s1)CN2. The van der Waals surface area contributed by atoms with Gasteiger partial charge in [-0.3, -0.25) is 9.78 Å². The fourth-order valence-electron chi connectivity index (χ4n) is 2.63. The molecule has 3 rings (SSSR count). The fourth-order valence-corrected chi connectivity index (χ4v) is 3.49. The van der Waals surface area contributed by atoms with Gasteiger partial charge in [-0.15, -0.1) is 11.3 Å². The lowest BCUT2D eigenvalue weighted by atomic mass is 9.92. The van der Waals surface area contributed by atoms with Gasteiger partial charge in [0.2, 0.25) is 5.95 Å². The van der Waals surface area contributed by atoms with Gasteiger partial charge in [0, 0.05) is 11.4 Å². The second-order valence-electron chi connectivity index (χ2n) is 5.34. The van der Waals surface area contributed by atoms with E-state index in [1.54, 1.807) is 6.07 Å². The highest BCUT2D eigenvalue weighted by atomic mass is 32.1. The second-order valence-corrected chi connectivity index (χ2v) is 6.51. The lowest BCUT2D eigenvalue weighted by molar-refractivity contribution is 0.0702. The first kappa shape index (κ1) is 14.6. The molecule has 3 heterocycles. The molecule has 1 atom stereocenters. The van der Waals surface area contributed by atoms with Gasteiger partial charge in [-0.25, -0.2) is 4.79 Å². The van der Waals surface area contributed by atoms with Gasteiger partial charge in [0.15, 0.2) is 0 Å².